The third kappa shape index (κ3) is 10.9. The molecule has 2 atom stereocenters. The van der Waals surface area contributed by atoms with Crippen LogP contribution in [-0.4, -0.2) is 86.6 Å². The summed E-state index contributed by atoms with van der Waals surface area (Å²) in [7, 11) is 0. The average molecular weight is 497 g/mol. The number of nitrogens with zero attached hydrogens (tertiary/aromatic N) is 3. The molecule has 0 unspecified atom stereocenters. The molecule has 2 aliphatic heterocycles. The van der Waals surface area contributed by atoms with Crippen molar-refractivity contribution in [1.29, 1.82) is 0 Å². The number of nitrogens with one attached hydrogen (secondary N) is 1. The van der Waals surface area contributed by atoms with E-state index in [1.54, 1.807) is 22.2 Å². The van der Waals surface area contributed by atoms with Gasteiger partial charge in [0.05, 0.1) is 18.7 Å². The van der Waals surface area contributed by atoms with E-state index in [9.17, 15) is 9.59 Å². The molecule has 0 radical (unpaired) electrons. The molecule has 2 saturated heterocycles. The van der Waals surface area contributed by atoms with Gasteiger partial charge in [-0.2, -0.15) is 0 Å². The number of aromatic amines is 1. The van der Waals surface area contributed by atoms with Crippen LogP contribution in [0.4, 0.5) is 9.59 Å². The van der Waals surface area contributed by atoms with Gasteiger partial charge in [-0.25, -0.2) is 14.6 Å². The maximum Gasteiger partial charge on any atom is 0.410 e. The molecular weight excluding hydrogens is 456 g/mol. The number of rotatable bonds is 3. The van der Waals surface area contributed by atoms with Gasteiger partial charge in [-0.05, 0) is 67.2 Å². The summed E-state index contributed by atoms with van der Waals surface area (Å²) in [4.78, 5) is 51.9. The molecule has 1 aromatic rings. The van der Waals surface area contributed by atoms with E-state index >= 15 is 0 Å². The van der Waals surface area contributed by atoms with Crippen LogP contribution in [0.1, 0.15) is 79.1 Å². The molecule has 0 aromatic carbocycles. The molecule has 1 aromatic heterocycles. The van der Waals surface area contributed by atoms with Gasteiger partial charge in [-0.3, -0.25) is 14.5 Å². The Balaban J connectivity index is 0.000000309. The lowest BCUT2D eigenvalue weighted by Crippen LogP contribution is -2.41. The highest BCUT2D eigenvalue weighted by Crippen LogP contribution is 2.31. The molecule has 0 saturated carbocycles. The number of carbonyl (C=O) groups excluding carboxylic acids is 4. The highest BCUT2D eigenvalue weighted by atomic mass is 16.6. The summed E-state index contributed by atoms with van der Waals surface area (Å²) in [5, 5.41) is 9.03. The van der Waals surface area contributed by atoms with E-state index < -0.39 is 11.2 Å². The molecule has 35 heavy (non-hydrogen) atoms. The smallest absolute Gasteiger partial charge is 0.410 e. The van der Waals surface area contributed by atoms with Crippen LogP contribution < -0.4 is 0 Å². The molecule has 0 bridgehead atoms. The number of H-pyrrole nitrogens is 1. The molecule has 0 spiro atoms. The molecule has 11 heteroatoms. The number of imidazole rings is 1. The quantitative estimate of drug-likeness (QED) is 0.480. The highest BCUT2D eigenvalue weighted by molar-refractivity contribution is 6.09. The molecular formula is C24H40N4O7. The summed E-state index contributed by atoms with van der Waals surface area (Å²) >= 11 is 0. The zero-order valence-electron chi connectivity index (χ0n) is 21.7. The van der Waals surface area contributed by atoms with Crippen LogP contribution in [0.15, 0.2) is 12.4 Å². The Hall–Kier alpha value is -2.95. The Morgan fingerprint density at radius 2 is 1.51 bits per heavy atom. The minimum Gasteiger partial charge on any atom is -0.444 e. The van der Waals surface area contributed by atoms with E-state index in [0.29, 0.717) is 6.54 Å². The second-order valence-corrected chi connectivity index (χ2v) is 10.2. The molecule has 2 amide bonds. The van der Waals surface area contributed by atoms with Crippen molar-refractivity contribution in [2.45, 2.75) is 90.5 Å². The van der Waals surface area contributed by atoms with Gasteiger partial charge in [0.2, 0.25) is 0 Å². The molecule has 198 valence electrons. The summed E-state index contributed by atoms with van der Waals surface area (Å²) in [6.45, 7) is 12.6. The first-order valence-corrected chi connectivity index (χ1v) is 11.8. The Bertz CT molecular complexity index is 794. The molecule has 3 heterocycles. The van der Waals surface area contributed by atoms with E-state index in [2.05, 4.69) is 9.97 Å². The van der Waals surface area contributed by atoms with Gasteiger partial charge in [0.25, 0.3) is 0 Å². The Kier molecular flexibility index (Phi) is 11.9. The van der Waals surface area contributed by atoms with Crippen molar-refractivity contribution in [1.82, 2.24) is 19.8 Å². The van der Waals surface area contributed by atoms with E-state index in [1.165, 1.54) is 0 Å². The number of likely N-dealkylation sites (tertiary alicyclic amines) is 2. The number of hydrogen-bond donors (Lipinski definition) is 2. The van der Waals surface area contributed by atoms with Crippen LogP contribution in [0, 0.1) is 0 Å². The first-order chi connectivity index (χ1) is 16.3. The van der Waals surface area contributed by atoms with Gasteiger partial charge in [0.15, 0.2) is 12.6 Å². The van der Waals surface area contributed by atoms with Crippen molar-refractivity contribution < 1.29 is 33.8 Å². The third-order valence-corrected chi connectivity index (χ3v) is 4.99. The average Bonchev–Trinajstić information content (AvgIpc) is 3.52. The SMILES string of the molecule is CC(C)(C)OC(=O)N1CCC[C@H]1CO.CC(C)(C)OC(=O)N1CCC[C@H]1c1ncc[nH]1.O=CC=O. The van der Waals surface area contributed by atoms with E-state index in [-0.39, 0.29) is 43.4 Å². The molecule has 3 rings (SSSR count). The van der Waals surface area contributed by atoms with Gasteiger partial charge in [-0.15, -0.1) is 0 Å². The number of aliphatic hydroxyl groups is 1. The minimum atomic E-state index is -0.459. The lowest BCUT2D eigenvalue weighted by atomic mass is 10.2. The maximum atomic E-state index is 12.0. The number of aliphatic hydroxyl groups excluding tert-OH is 1. The second kappa shape index (κ2) is 13.8. The maximum absolute atomic E-state index is 12.0. The third-order valence-electron chi connectivity index (χ3n) is 4.99. The van der Waals surface area contributed by atoms with E-state index in [4.69, 9.17) is 24.2 Å². The van der Waals surface area contributed by atoms with Gasteiger partial charge in [-0.1, -0.05) is 0 Å². The van der Waals surface area contributed by atoms with Gasteiger partial charge >= 0.3 is 12.2 Å². The summed E-state index contributed by atoms with van der Waals surface area (Å²) < 4.78 is 10.6. The van der Waals surface area contributed by atoms with Crippen molar-refractivity contribution in [3.8, 4) is 0 Å². The minimum absolute atomic E-state index is 0.0270. The van der Waals surface area contributed by atoms with E-state index in [1.807, 2.05) is 41.5 Å². The van der Waals surface area contributed by atoms with Crippen molar-refractivity contribution in [3.63, 3.8) is 0 Å². The summed E-state index contributed by atoms with van der Waals surface area (Å²) in [6.07, 6.45) is 7.06. The number of hydrogen-bond acceptors (Lipinski definition) is 8. The molecule has 2 fully saturated rings. The zero-order valence-corrected chi connectivity index (χ0v) is 21.7. The van der Waals surface area contributed by atoms with Crippen molar-refractivity contribution in [2.24, 2.45) is 0 Å². The van der Waals surface area contributed by atoms with E-state index in [0.717, 1.165) is 38.1 Å². The van der Waals surface area contributed by atoms with Crippen molar-refractivity contribution in [2.75, 3.05) is 19.7 Å². The van der Waals surface area contributed by atoms with Crippen molar-refractivity contribution in [3.05, 3.63) is 18.2 Å². The molecule has 11 nitrogen and oxygen atoms in total. The number of aromatic nitrogens is 2. The number of ether oxygens (including phenoxy) is 2. The number of aldehydes is 2. The van der Waals surface area contributed by atoms with Crippen LogP contribution in [0.2, 0.25) is 0 Å². The summed E-state index contributed by atoms with van der Waals surface area (Å²) in [6, 6.07) is -0.0234. The molecule has 0 aliphatic carbocycles. The van der Waals surface area contributed by atoms with Crippen LogP contribution in [-0.2, 0) is 19.1 Å². The van der Waals surface area contributed by atoms with Crippen LogP contribution in [0.3, 0.4) is 0 Å². The predicted molar refractivity (Wildman–Crippen MR) is 129 cm³/mol. The first-order valence-electron chi connectivity index (χ1n) is 11.8. The summed E-state index contributed by atoms with van der Waals surface area (Å²) in [5.74, 6) is 0.841. The van der Waals surface area contributed by atoms with Crippen molar-refractivity contribution >= 4 is 24.8 Å². The second-order valence-electron chi connectivity index (χ2n) is 10.2. The van der Waals surface area contributed by atoms with Gasteiger partial charge in [0.1, 0.15) is 17.0 Å². The standard InChI is InChI=1S/C12H19N3O2.C10H19NO3.C2H2O2/c1-12(2,3)17-11(16)15-8-4-5-9(15)10-13-6-7-14-10;1-10(2,3)14-9(13)11-6-4-5-8(11)7-12;3-1-2-4/h6-7,9H,4-5,8H2,1-3H3,(H,13,14);8,12H,4-7H2,1-3H3;1-2H/t9-;8-;/m00./s1. The predicted octanol–water partition coefficient (Wildman–Crippen LogP) is 3.24. The lowest BCUT2D eigenvalue weighted by molar-refractivity contribution is -0.122. The number of amides is 2. The largest absolute Gasteiger partial charge is 0.444 e. The topological polar surface area (TPSA) is 142 Å². The fourth-order valence-electron chi connectivity index (χ4n) is 3.64. The monoisotopic (exact) mass is 496 g/mol. The van der Waals surface area contributed by atoms with Crippen LogP contribution >= 0.6 is 0 Å². The Labute approximate surface area is 207 Å². The molecule has 2 N–H and O–H groups in total. The normalized spacial score (nSPS) is 19.6. The highest BCUT2D eigenvalue weighted by Gasteiger charge is 2.34. The summed E-state index contributed by atoms with van der Waals surface area (Å²) in [5.41, 5.74) is -0.910. The van der Waals surface area contributed by atoms with Gasteiger partial charge < -0.3 is 24.5 Å². The zero-order chi connectivity index (χ0) is 26.6. The molecule has 2 aliphatic rings. The lowest BCUT2D eigenvalue weighted by Gasteiger charge is -2.27. The van der Waals surface area contributed by atoms with Crippen LogP contribution in [0.5, 0.6) is 0 Å². The Morgan fingerprint density at radius 3 is 1.97 bits per heavy atom. The fourth-order valence-corrected chi connectivity index (χ4v) is 3.64. The first kappa shape index (κ1) is 30.1. The fraction of sp³-hybridized carbons (Fsp3) is 0.708. The van der Waals surface area contributed by atoms with Crippen LogP contribution in [0.25, 0.3) is 0 Å². The Morgan fingerprint density at radius 1 is 1.00 bits per heavy atom. The number of carbonyl (C=O) groups is 4. The van der Waals surface area contributed by atoms with Gasteiger partial charge in [0, 0.05) is 25.5 Å².